The van der Waals surface area contributed by atoms with Crippen LogP contribution in [0.4, 0.5) is 0 Å². The minimum Gasteiger partial charge on any atom is -0.423 e. The van der Waals surface area contributed by atoms with Crippen molar-refractivity contribution in [1.82, 2.24) is 19.9 Å². The predicted molar refractivity (Wildman–Crippen MR) is 184 cm³/mol. The summed E-state index contributed by atoms with van der Waals surface area (Å²) in [6, 6.07) is 28.6. The topological polar surface area (TPSA) is 83.7 Å². The molecule has 220 valence electrons. The van der Waals surface area contributed by atoms with E-state index in [-0.39, 0.29) is 0 Å². The lowest BCUT2D eigenvalue weighted by Crippen LogP contribution is -2.08. The van der Waals surface area contributed by atoms with Crippen LogP contribution in [-0.2, 0) is 4.79 Å². The molecule has 45 heavy (non-hydrogen) atoms. The van der Waals surface area contributed by atoms with Gasteiger partial charge in [-0.05, 0) is 120 Å². The van der Waals surface area contributed by atoms with Gasteiger partial charge >= 0.3 is 5.97 Å². The van der Waals surface area contributed by atoms with Gasteiger partial charge in [-0.1, -0.05) is 44.7 Å². The van der Waals surface area contributed by atoms with Crippen LogP contribution in [0.5, 0.6) is 5.75 Å². The number of hydrogen-bond donors (Lipinski definition) is 2. The van der Waals surface area contributed by atoms with Crippen LogP contribution in [0.15, 0.2) is 97.1 Å². The van der Waals surface area contributed by atoms with Crippen molar-refractivity contribution in [1.29, 1.82) is 0 Å². The third kappa shape index (κ3) is 5.78. The zero-order chi connectivity index (χ0) is 31.1. The fourth-order valence-electron chi connectivity index (χ4n) is 5.58. The molecule has 0 amide bonds. The number of aromatic nitrogens is 4. The normalized spacial score (nSPS) is 12.1. The molecule has 0 unspecified atom stereocenters. The summed E-state index contributed by atoms with van der Waals surface area (Å²) in [5, 5.41) is 0. The molecule has 0 saturated heterocycles. The minimum atomic E-state index is -0.460. The van der Waals surface area contributed by atoms with Crippen molar-refractivity contribution in [3.8, 4) is 28.0 Å². The first-order valence-electron chi connectivity index (χ1n) is 15.0. The van der Waals surface area contributed by atoms with Crippen molar-refractivity contribution in [2.75, 3.05) is 0 Å². The number of hydrogen-bond acceptors (Lipinski definition) is 4. The van der Waals surface area contributed by atoms with Crippen molar-refractivity contribution in [2.45, 2.75) is 26.7 Å². The highest BCUT2D eigenvalue weighted by Crippen LogP contribution is 2.39. The zero-order valence-corrected chi connectivity index (χ0v) is 25.4. The van der Waals surface area contributed by atoms with Gasteiger partial charge in [-0.3, -0.25) is 0 Å². The van der Waals surface area contributed by atoms with Gasteiger partial charge in [0.05, 0.1) is 22.8 Å². The highest BCUT2D eigenvalue weighted by molar-refractivity contribution is 5.97. The van der Waals surface area contributed by atoms with E-state index >= 15 is 0 Å². The van der Waals surface area contributed by atoms with Crippen LogP contribution < -0.4 is 4.74 Å². The summed E-state index contributed by atoms with van der Waals surface area (Å²) in [6.07, 6.45) is 8.10. The number of benzene rings is 2. The Labute approximate surface area is 261 Å². The highest BCUT2D eigenvalue weighted by Gasteiger charge is 2.18. The lowest BCUT2D eigenvalue weighted by molar-refractivity contribution is -0.130. The Kier molecular flexibility index (Phi) is 7.10. The quantitative estimate of drug-likeness (QED) is 0.119. The molecule has 6 heteroatoms. The number of fused-ring (bicyclic) bond motifs is 8. The van der Waals surface area contributed by atoms with Gasteiger partial charge in [0.25, 0.3) is 0 Å². The molecule has 5 heterocycles. The molecule has 5 aromatic rings. The molecular weight excluding hydrogens is 556 g/mol. The highest BCUT2D eigenvalue weighted by atomic mass is 16.5. The fraction of sp³-hybridized carbons (Fsp3) is 0.103. The largest absolute Gasteiger partial charge is 0.423 e. The molecule has 8 bridgehead atoms. The maximum absolute atomic E-state index is 12.5. The zero-order valence-electron chi connectivity index (χ0n) is 25.4. The number of carbonyl (C=O) groups is 1. The van der Waals surface area contributed by atoms with Gasteiger partial charge in [-0.25, -0.2) is 14.8 Å². The van der Waals surface area contributed by atoms with Gasteiger partial charge in [-0.2, -0.15) is 0 Å². The predicted octanol–water partition coefficient (Wildman–Crippen LogP) is 9.59. The Morgan fingerprint density at radius 2 is 1.33 bits per heavy atom. The molecule has 2 aliphatic rings. The van der Waals surface area contributed by atoms with Gasteiger partial charge in [0.2, 0.25) is 0 Å². The molecule has 2 N–H and O–H groups in total. The second-order valence-corrected chi connectivity index (χ2v) is 11.7. The van der Waals surface area contributed by atoms with E-state index in [2.05, 4.69) is 66.8 Å². The maximum atomic E-state index is 12.5. The van der Waals surface area contributed by atoms with E-state index in [0.29, 0.717) is 17.2 Å². The second-order valence-electron chi connectivity index (χ2n) is 11.7. The maximum Gasteiger partial charge on any atom is 0.338 e. The van der Waals surface area contributed by atoms with Crippen LogP contribution in [0.25, 0.3) is 68.6 Å². The van der Waals surface area contributed by atoms with Crippen molar-refractivity contribution in [3.63, 3.8) is 0 Å². The number of rotatable bonds is 5. The van der Waals surface area contributed by atoms with Crippen LogP contribution >= 0.6 is 0 Å². The summed E-state index contributed by atoms with van der Waals surface area (Å²) >= 11 is 0. The Balaban J connectivity index is 1.51. The molecule has 6 nitrogen and oxygen atoms in total. The van der Waals surface area contributed by atoms with Crippen LogP contribution in [0.2, 0.25) is 0 Å². The smallest absolute Gasteiger partial charge is 0.338 e. The van der Waals surface area contributed by atoms with Gasteiger partial charge in [0.15, 0.2) is 0 Å². The number of nitrogens with zero attached hydrogens (tertiary/aromatic N) is 2. The summed E-state index contributed by atoms with van der Waals surface area (Å²) < 4.78 is 5.69. The molecule has 7 rings (SSSR count). The third-order valence-electron chi connectivity index (χ3n) is 7.93. The Morgan fingerprint density at radius 1 is 0.711 bits per heavy atom. The standard InChI is InChI=1S/C39H32N4O2/c1-23(2)25-5-7-26(8-6-25)35-22-33(45-39(44)24(3)4)15-16-34(35)38-36-17-13-31(42-36)20-29-11-9-27(40-29)19-28-10-12-30(41-28)21-32-14-18-37(38)43-32/h5-23,40,43H,3H2,1-2,4H3. The first kappa shape index (κ1) is 28.0. The van der Waals surface area contributed by atoms with Gasteiger partial charge < -0.3 is 14.7 Å². The lowest BCUT2D eigenvalue weighted by atomic mass is 9.91. The Hall–Kier alpha value is -5.75. The first-order chi connectivity index (χ1) is 21.8. The van der Waals surface area contributed by atoms with E-state index in [4.69, 9.17) is 14.7 Å². The van der Waals surface area contributed by atoms with E-state index in [1.165, 1.54) is 5.56 Å². The molecule has 0 radical (unpaired) electrons. The first-order valence-corrected chi connectivity index (χ1v) is 15.0. The molecule has 0 saturated carbocycles. The van der Waals surface area contributed by atoms with Crippen molar-refractivity contribution < 1.29 is 9.53 Å². The van der Waals surface area contributed by atoms with Crippen molar-refractivity contribution in [3.05, 3.63) is 125 Å². The number of H-pyrrole nitrogens is 2. The Bertz CT molecular complexity index is 2210. The van der Waals surface area contributed by atoms with E-state index in [1.807, 2.05) is 72.8 Å². The average molecular weight is 589 g/mol. The Morgan fingerprint density at radius 3 is 2.00 bits per heavy atom. The monoisotopic (exact) mass is 588 g/mol. The summed E-state index contributed by atoms with van der Waals surface area (Å²) in [6.45, 7) is 9.75. The van der Waals surface area contributed by atoms with Crippen LogP contribution in [0.1, 0.15) is 55.0 Å². The van der Waals surface area contributed by atoms with E-state index in [9.17, 15) is 4.79 Å². The number of ether oxygens (including phenoxy) is 1. The SMILES string of the molecule is C=C(C)C(=O)Oc1ccc(-c2c3nc(cc4ccc(cc5nc(cc6ccc2[nH]6)C=C5)[nH]4)C=C3)c(-c2ccc(C(C)C)cc2)c1. The molecule has 2 aliphatic heterocycles. The average Bonchev–Trinajstić information content (AvgIpc) is 3.84. The molecule has 0 aliphatic carbocycles. The number of esters is 1. The third-order valence-corrected chi connectivity index (χ3v) is 7.93. The molecule has 0 fully saturated rings. The van der Waals surface area contributed by atoms with E-state index in [0.717, 1.165) is 67.1 Å². The summed E-state index contributed by atoms with van der Waals surface area (Å²) in [4.78, 5) is 29.4. The van der Waals surface area contributed by atoms with Crippen LogP contribution in [-0.4, -0.2) is 25.9 Å². The summed E-state index contributed by atoms with van der Waals surface area (Å²) in [5.41, 5.74) is 12.6. The van der Waals surface area contributed by atoms with Gasteiger partial charge in [0.1, 0.15) is 5.75 Å². The fourth-order valence-corrected chi connectivity index (χ4v) is 5.58. The second kappa shape index (κ2) is 11.4. The van der Waals surface area contributed by atoms with Crippen LogP contribution in [0.3, 0.4) is 0 Å². The molecule has 2 aromatic carbocycles. The van der Waals surface area contributed by atoms with Crippen molar-refractivity contribution >= 4 is 52.3 Å². The number of carbonyl (C=O) groups excluding carboxylic acids is 1. The molecule has 3 aromatic heterocycles. The van der Waals surface area contributed by atoms with Gasteiger partial charge in [0, 0.05) is 33.2 Å². The van der Waals surface area contributed by atoms with Crippen LogP contribution in [0, 0.1) is 0 Å². The molecule has 0 atom stereocenters. The number of aromatic amines is 2. The van der Waals surface area contributed by atoms with Gasteiger partial charge in [-0.15, -0.1) is 0 Å². The molecule has 0 spiro atoms. The van der Waals surface area contributed by atoms with E-state index in [1.54, 1.807) is 6.92 Å². The number of nitrogens with one attached hydrogen (secondary N) is 2. The minimum absolute atomic E-state index is 0.340. The summed E-state index contributed by atoms with van der Waals surface area (Å²) in [7, 11) is 0. The van der Waals surface area contributed by atoms with E-state index < -0.39 is 5.97 Å². The van der Waals surface area contributed by atoms with Crippen molar-refractivity contribution in [2.24, 2.45) is 0 Å². The summed E-state index contributed by atoms with van der Waals surface area (Å²) in [5.74, 6) is 0.395. The molecular formula is C39H32N4O2. The lowest BCUT2D eigenvalue weighted by Gasteiger charge is -2.15.